The first-order valence-corrected chi connectivity index (χ1v) is 8.30. The smallest absolute Gasteiger partial charge is 0.451 e. The molecule has 0 saturated carbocycles. The molecule has 0 atom stereocenters. The van der Waals surface area contributed by atoms with Gasteiger partial charge >= 0.3 is 11.9 Å². The zero-order valence-corrected chi connectivity index (χ0v) is 15.2. The predicted octanol–water partition coefficient (Wildman–Crippen LogP) is 1.92. The molecule has 1 aromatic carbocycles. The second kappa shape index (κ2) is 8.28. The lowest BCUT2D eigenvalue weighted by Gasteiger charge is -2.09. The molecule has 0 unspecified atom stereocenters. The largest absolute Gasteiger partial charge is 0.484 e. The number of carbonyl (C=O) groups is 1. The number of nitrogens with one attached hydrogen (secondary N) is 1. The summed E-state index contributed by atoms with van der Waals surface area (Å²) < 4.78 is 44.5. The number of carbonyl (C=O) groups excluding carboxylic acids is 1. The molecule has 0 aliphatic carbocycles. The van der Waals surface area contributed by atoms with Crippen molar-refractivity contribution in [1.82, 2.24) is 19.7 Å². The molecule has 1 aromatic heterocycles. The van der Waals surface area contributed by atoms with E-state index in [1.165, 1.54) is 0 Å². The van der Waals surface area contributed by atoms with Crippen LogP contribution < -0.4 is 15.7 Å². The Bertz CT molecular complexity index is 839. The number of alkyl halides is 3. The highest BCUT2D eigenvalue weighted by Gasteiger charge is 2.37. The third-order valence-electron chi connectivity index (χ3n) is 3.86. The molecule has 7 nitrogen and oxygen atoms in total. The molecule has 0 saturated heterocycles. The lowest BCUT2D eigenvalue weighted by molar-refractivity contribution is -0.147. The zero-order chi connectivity index (χ0) is 20.2. The van der Waals surface area contributed by atoms with Gasteiger partial charge in [-0.3, -0.25) is 9.36 Å². The summed E-state index contributed by atoms with van der Waals surface area (Å²) in [6.45, 7) is 3.65. The van der Waals surface area contributed by atoms with Crippen LogP contribution in [0.15, 0.2) is 29.1 Å². The monoisotopic (exact) mass is 386 g/mol. The van der Waals surface area contributed by atoms with Crippen LogP contribution in [0.2, 0.25) is 0 Å². The third kappa shape index (κ3) is 5.35. The number of aromatic nitrogens is 3. The van der Waals surface area contributed by atoms with E-state index in [1.54, 1.807) is 12.1 Å². The first-order valence-electron chi connectivity index (χ1n) is 8.30. The van der Waals surface area contributed by atoms with Gasteiger partial charge in [0.15, 0.2) is 6.61 Å². The minimum atomic E-state index is -4.72. The van der Waals surface area contributed by atoms with Crippen LogP contribution in [0.1, 0.15) is 31.2 Å². The maximum atomic E-state index is 12.7. The summed E-state index contributed by atoms with van der Waals surface area (Å²) in [7, 11) is 0.992. The van der Waals surface area contributed by atoms with Gasteiger partial charge in [0.1, 0.15) is 5.75 Å². The van der Waals surface area contributed by atoms with Crippen molar-refractivity contribution in [2.75, 3.05) is 13.2 Å². The molecular formula is C17H21F3N4O3. The van der Waals surface area contributed by atoms with Crippen molar-refractivity contribution in [3.63, 3.8) is 0 Å². The zero-order valence-electron chi connectivity index (χ0n) is 15.2. The van der Waals surface area contributed by atoms with Gasteiger partial charge in [-0.25, -0.2) is 9.48 Å². The minimum absolute atomic E-state index is 0.0529. The van der Waals surface area contributed by atoms with Gasteiger partial charge in [-0.2, -0.15) is 13.2 Å². The highest BCUT2D eigenvalue weighted by Crippen LogP contribution is 2.25. The van der Waals surface area contributed by atoms with Crippen molar-refractivity contribution < 1.29 is 22.7 Å². The SMILES string of the molecule is CC(C)c1ccc(OCC(=O)NCCn2nc(C(F)(F)F)n(C)c2=O)cc1. The van der Waals surface area contributed by atoms with Gasteiger partial charge in [-0.05, 0) is 23.6 Å². The molecule has 2 aromatic rings. The van der Waals surface area contributed by atoms with E-state index in [0.717, 1.165) is 12.6 Å². The second-order valence-corrected chi connectivity index (χ2v) is 6.25. The Labute approximate surface area is 153 Å². The summed E-state index contributed by atoms with van der Waals surface area (Å²) in [4.78, 5) is 23.5. The van der Waals surface area contributed by atoms with Crippen LogP contribution in [-0.2, 0) is 24.6 Å². The Kier molecular flexibility index (Phi) is 6.29. The van der Waals surface area contributed by atoms with Crippen molar-refractivity contribution in [3.05, 3.63) is 46.1 Å². The van der Waals surface area contributed by atoms with Crippen LogP contribution in [0.25, 0.3) is 0 Å². The van der Waals surface area contributed by atoms with E-state index < -0.39 is 23.6 Å². The maximum absolute atomic E-state index is 12.7. The Morgan fingerprint density at radius 1 is 1.26 bits per heavy atom. The van der Waals surface area contributed by atoms with Crippen LogP contribution >= 0.6 is 0 Å². The van der Waals surface area contributed by atoms with Crippen LogP contribution in [0.5, 0.6) is 5.75 Å². The standard InChI is InChI=1S/C17H21F3N4O3/c1-11(2)12-4-6-13(7-5-12)27-10-14(25)21-8-9-24-16(26)23(3)15(22-24)17(18,19)20/h4-7,11H,8-10H2,1-3H3,(H,21,25). The summed E-state index contributed by atoms with van der Waals surface area (Å²) in [5.74, 6) is -0.824. The molecule has 2 rings (SSSR count). The molecule has 0 bridgehead atoms. The molecule has 1 N–H and O–H groups in total. The summed E-state index contributed by atoms with van der Waals surface area (Å²) >= 11 is 0. The van der Waals surface area contributed by atoms with Gasteiger partial charge in [0.05, 0.1) is 6.54 Å². The molecule has 10 heteroatoms. The summed E-state index contributed by atoms with van der Waals surface area (Å²) in [5, 5.41) is 5.72. The molecule has 1 heterocycles. The van der Waals surface area contributed by atoms with Crippen molar-refractivity contribution in [3.8, 4) is 5.75 Å². The first-order chi connectivity index (χ1) is 12.6. The van der Waals surface area contributed by atoms with Gasteiger partial charge in [0.25, 0.3) is 5.91 Å². The minimum Gasteiger partial charge on any atom is -0.484 e. The molecule has 0 aliphatic heterocycles. The lowest BCUT2D eigenvalue weighted by atomic mass is 10.0. The molecule has 0 fully saturated rings. The molecule has 0 aliphatic rings. The Morgan fingerprint density at radius 3 is 2.41 bits per heavy atom. The van der Waals surface area contributed by atoms with Crippen molar-refractivity contribution in [2.24, 2.45) is 7.05 Å². The highest BCUT2D eigenvalue weighted by atomic mass is 19.4. The van der Waals surface area contributed by atoms with E-state index in [2.05, 4.69) is 24.3 Å². The number of rotatable bonds is 7. The highest BCUT2D eigenvalue weighted by molar-refractivity contribution is 5.77. The van der Waals surface area contributed by atoms with Crippen molar-refractivity contribution in [2.45, 2.75) is 32.5 Å². The average Bonchev–Trinajstić information content (AvgIpc) is 2.89. The Morgan fingerprint density at radius 2 is 1.89 bits per heavy atom. The fourth-order valence-electron chi connectivity index (χ4n) is 2.33. The van der Waals surface area contributed by atoms with Gasteiger partial charge in [0, 0.05) is 13.6 Å². The van der Waals surface area contributed by atoms with Gasteiger partial charge < -0.3 is 10.1 Å². The van der Waals surface area contributed by atoms with Crippen LogP contribution in [0, 0.1) is 0 Å². The number of hydrogen-bond acceptors (Lipinski definition) is 4. The first kappa shape index (κ1) is 20.5. The predicted molar refractivity (Wildman–Crippen MR) is 91.5 cm³/mol. The number of benzene rings is 1. The summed E-state index contributed by atoms with van der Waals surface area (Å²) in [6, 6.07) is 7.33. The van der Waals surface area contributed by atoms with E-state index in [-0.39, 0.29) is 19.7 Å². The van der Waals surface area contributed by atoms with Crippen molar-refractivity contribution >= 4 is 5.91 Å². The number of halogens is 3. The van der Waals surface area contributed by atoms with Gasteiger partial charge in [0.2, 0.25) is 5.82 Å². The number of amides is 1. The van der Waals surface area contributed by atoms with Gasteiger partial charge in [-0.1, -0.05) is 26.0 Å². The van der Waals surface area contributed by atoms with Crippen LogP contribution in [0.4, 0.5) is 13.2 Å². The van der Waals surface area contributed by atoms with Crippen LogP contribution in [0.3, 0.4) is 0 Å². The third-order valence-corrected chi connectivity index (χ3v) is 3.86. The quantitative estimate of drug-likeness (QED) is 0.789. The number of ether oxygens (including phenoxy) is 1. The fraction of sp³-hybridized carbons (Fsp3) is 0.471. The second-order valence-electron chi connectivity index (χ2n) is 6.25. The number of nitrogens with zero attached hydrogens (tertiary/aromatic N) is 3. The number of hydrogen-bond donors (Lipinski definition) is 1. The molecule has 1 amide bonds. The Balaban J connectivity index is 1.82. The summed E-state index contributed by atoms with van der Waals surface area (Å²) in [6.07, 6.45) is -4.72. The molecular weight excluding hydrogens is 365 g/mol. The normalized spacial score (nSPS) is 11.7. The van der Waals surface area contributed by atoms with Crippen LogP contribution in [-0.4, -0.2) is 33.4 Å². The summed E-state index contributed by atoms with van der Waals surface area (Å²) in [5.41, 5.74) is 0.240. The molecule has 148 valence electrons. The fourth-order valence-corrected chi connectivity index (χ4v) is 2.33. The van der Waals surface area contributed by atoms with E-state index in [4.69, 9.17) is 4.74 Å². The maximum Gasteiger partial charge on any atom is 0.451 e. The molecule has 0 spiro atoms. The molecule has 0 radical (unpaired) electrons. The van der Waals surface area contributed by atoms with Crippen molar-refractivity contribution in [1.29, 1.82) is 0 Å². The van der Waals surface area contributed by atoms with E-state index in [9.17, 15) is 22.8 Å². The van der Waals surface area contributed by atoms with E-state index in [1.807, 2.05) is 12.1 Å². The van der Waals surface area contributed by atoms with E-state index in [0.29, 0.717) is 20.9 Å². The topological polar surface area (TPSA) is 78.2 Å². The van der Waals surface area contributed by atoms with Gasteiger partial charge in [-0.15, -0.1) is 5.10 Å². The van der Waals surface area contributed by atoms with E-state index >= 15 is 0 Å². The molecule has 27 heavy (non-hydrogen) atoms. The lowest BCUT2D eigenvalue weighted by Crippen LogP contribution is -2.34. The average molecular weight is 386 g/mol. The Hall–Kier alpha value is -2.78.